The first-order valence-electron chi connectivity index (χ1n) is 9.40. The molecule has 0 aliphatic carbocycles. The number of aromatic nitrogens is 3. The summed E-state index contributed by atoms with van der Waals surface area (Å²) >= 11 is 0. The van der Waals surface area contributed by atoms with Crippen LogP contribution < -0.4 is 16.6 Å². The molecule has 164 valence electrons. The summed E-state index contributed by atoms with van der Waals surface area (Å²) in [6.07, 6.45) is 1.34. The molecule has 3 aromatic rings. The van der Waals surface area contributed by atoms with E-state index in [9.17, 15) is 22.8 Å². The Morgan fingerprint density at radius 3 is 2.29 bits per heavy atom. The monoisotopic (exact) mass is 445 g/mol. The second-order valence-electron chi connectivity index (χ2n) is 7.39. The Balaban J connectivity index is 1.89. The molecule has 0 bridgehead atoms. The number of hydrogen-bond acceptors (Lipinski definition) is 6. The van der Waals surface area contributed by atoms with Crippen molar-refractivity contribution in [3.8, 4) is 0 Å². The molecule has 0 fully saturated rings. The molecule has 0 saturated heterocycles. The number of amides is 1. The molecule has 11 heteroatoms. The highest BCUT2D eigenvalue weighted by Gasteiger charge is 2.23. The largest absolute Gasteiger partial charge is 0.332 e. The lowest BCUT2D eigenvalue weighted by Crippen LogP contribution is -2.37. The maximum atomic E-state index is 12.6. The van der Waals surface area contributed by atoms with Crippen LogP contribution in [0.3, 0.4) is 0 Å². The van der Waals surface area contributed by atoms with Crippen molar-refractivity contribution in [1.29, 1.82) is 0 Å². The third-order valence-electron chi connectivity index (χ3n) is 5.07. The van der Waals surface area contributed by atoms with Gasteiger partial charge in [0, 0.05) is 32.7 Å². The van der Waals surface area contributed by atoms with Gasteiger partial charge in [0.25, 0.3) is 11.5 Å². The molecule has 10 nitrogen and oxygen atoms in total. The standard InChI is InChI=1S/C20H23N5O5S/c1-12(2)25(5)31(29,30)15-8-6-13(7-9-15)18(26)22-14-10-16-17(21-11-14)23(3)20(28)24(4)19(16)27/h6-12H,1-5H3,(H,22,26). The van der Waals surface area contributed by atoms with E-state index in [0.717, 1.165) is 4.57 Å². The Bertz CT molecular complexity index is 1390. The molecular weight excluding hydrogens is 422 g/mol. The van der Waals surface area contributed by atoms with E-state index in [1.165, 1.54) is 66.5 Å². The Kier molecular flexibility index (Phi) is 5.83. The van der Waals surface area contributed by atoms with Crippen LogP contribution in [0.5, 0.6) is 0 Å². The second kappa shape index (κ2) is 8.08. The molecule has 0 atom stereocenters. The minimum Gasteiger partial charge on any atom is -0.321 e. The van der Waals surface area contributed by atoms with Crippen molar-refractivity contribution in [1.82, 2.24) is 18.4 Å². The zero-order valence-corrected chi connectivity index (χ0v) is 18.6. The fourth-order valence-corrected chi connectivity index (χ4v) is 4.33. The Morgan fingerprint density at radius 2 is 1.71 bits per heavy atom. The molecular formula is C20H23N5O5S. The molecule has 0 spiro atoms. The first-order chi connectivity index (χ1) is 14.4. The number of fused-ring (bicyclic) bond motifs is 1. The second-order valence-corrected chi connectivity index (χ2v) is 9.39. The van der Waals surface area contributed by atoms with Gasteiger partial charge in [0.1, 0.15) is 5.65 Å². The van der Waals surface area contributed by atoms with Crippen molar-refractivity contribution in [3.05, 3.63) is 62.9 Å². The maximum Gasteiger partial charge on any atom is 0.332 e. The Morgan fingerprint density at radius 1 is 1.10 bits per heavy atom. The van der Waals surface area contributed by atoms with Crippen LogP contribution in [-0.4, -0.2) is 45.8 Å². The zero-order valence-electron chi connectivity index (χ0n) is 17.8. The zero-order chi connectivity index (χ0) is 23.1. The third kappa shape index (κ3) is 4.01. The molecule has 0 unspecified atom stereocenters. The summed E-state index contributed by atoms with van der Waals surface area (Å²) in [5.74, 6) is -0.496. The number of sulfonamides is 1. The molecule has 0 aliphatic heterocycles. The average Bonchev–Trinajstić information content (AvgIpc) is 2.75. The van der Waals surface area contributed by atoms with Crippen molar-refractivity contribution in [2.45, 2.75) is 24.8 Å². The quantitative estimate of drug-likeness (QED) is 0.623. The number of rotatable bonds is 5. The van der Waals surface area contributed by atoms with Gasteiger partial charge >= 0.3 is 5.69 Å². The molecule has 3 rings (SSSR count). The summed E-state index contributed by atoms with van der Waals surface area (Å²) in [5, 5.41) is 2.81. The van der Waals surface area contributed by atoms with Crippen LogP contribution in [0.25, 0.3) is 11.0 Å². The van der Waals surface area contributed by atoms with Crippen LogP contribution in [0.4, 0.5) is 5.69 Å². The molecule has 1 N–H and O–H groups in total. The van der Waals surface area contributed by atoms with Crippen molar-refractivity contribution < 1.29 is 13.2 Å². The number of hydrogen-bond donors (Lipinski definition) is 1. The molecule has 1 amide bonds. The van der Waals surface area contributed by atoms with Gasteiger partial charge in [-0.2, -0.15) is 4.31 Å². The highest BCUT2D eigenvalue weighted by molar-refractivity contribution is 7.89. The number of benzene rings is 1. The lowest BCUT2D eigenvalue weighted by Gasteiger charge is -2.21. The summed E-state index contributed by atoms with van der Waals surface area (Å²) in [5.41, 5.74) is -0.315. The Labute approximate surface area is 178 Å². The first-order valence-corrected chi connectivity index (χ1v) is 10.8. The van der Waals surface area contributed by atoms with Gasteiger partial charge in [-0.15, -0.1) is 0 Å². The van der Waals surface area contributed by atoms with Crippen LogP contribution in [0.15, 0.2) is 51.0 Å². The average molecular weight is 446 g/mol. The van der Waals surface area contributed by atoms with Gasteiger partial charge < -0.3 is 5.32 Å². The molecule has 2 heterocycles. The van der Waals surface area contributed by atoms with Crippen LogP contribution in [0.2, 0.25) is 0 Å². The summed E-state index contributed by atoms with van der Waals surface area (Å²) in [7, 11) is 0.704. The molecule has 0 aliphatic rings. The highest BCUT2D eigenvalue weighted by atomic mass is 32.2. The van der Waals surface area contributed by atoms with E-state index >= 15 is 0 Å². The van der Waals surface area contributed by atoms with E-state index in [1.807, 2.05) is 0 Å². The van der Waals surface area contributed by atoms with E-state index in [-0.39, 0.29) is 33.2 Å². The van der Waals surface area contributed by atoms with Crippen LogP contribution in [0.1, 0.15) is 24.2 Å². The van der Waals surface area contributed by atoms with Crippen molar-refractivity contribution in [3.63, 3.8) is 0 Å². The van der Waals surface area contributed by atoms with Crippen LogP contribution >= 0.6 is 0 Å². The lowest BCUT2D eigenvalue weighted by molar-refractivity contribution is 0.102. The minimum absolute atomic E-state index is 0.0806. The lowest BCUT2D eigenvalue weighted by atomic mass is 10.2. The molecule has 2 aromatic heterocycles. The van der Waals surface area contributed by atoms with E-state index in [2.05, 4.69) is 10.3 Å². The minimum atomic E-state index is -3.65. The highest BCUT2D eigenvalue weighted by Crippen LogP contribution is 2.18. The maximum absolute atomic E-state index is 12.6. The summed E-state index contributed by atoms with van der Waals surface area (Å²) < 4.78 is 28.5. The number of carbonyl (C=O) groups excluding carboxylic acids is 1. The van der Waals surface area contributed by atoms with Crippen molar-refractivity contribution in [2.24, 2.45) is 14.1 Å². The smallest absolute Gasteiger partial charge is 0.321 e. The van der Waals surface area contributed by atoms with E-state index < -0.39 is 27.2 Å². The Hall–Kier alpha value is -3.31. The predicted octanol–water partition coefficient (Wildman–Crippen LogP) is 0.913. The normalized spacial score (nSPS) is 12.0. The van der Waals surface area contributed by atoms with Gasteiger partial charge in [-0.05, 0) is 44.2 Å². The van der Waals surface area contributed by atoms with Crippen molar-refractivity contribution >= 4 is 32.7 Å². The molecule has 0 saturated carbocycles. The number of carbonyl (C=O) groups is 1. The SMILES string of the molecule is CC(C)N(C)S(=O)(=O)c1ccc(C(=O)Nc2cnc3c(c2)c(=O)n(C)c(=O)n3C)cc1. The summed E-state index contributed by atoms with van der Waals surface area (Å²) in [6, 6.07) is 6.79. The van der Waals surface area contributed by atoms with Crippen LogP contribution in [0, 0.1) is 0 Å². The number of pyridine rings is 1. The molecule has 1 aromatic carbocycles. The van der Waals surface area contributed by atoms with Gasteiger partial charge in [-0.1, -0.05) is 0 Å². The topological polar surface area (TPSA) is 123 Å². The number of anilines is 1. The fraction of sp³-hybridized carbons (Fsp3) is 0.300. The summed E-state index contributed by atoms with van der Waals surface area (Å²) in [6.45, 7) is 3.53. The van der Waals surface area contributed by atoms with Gasteiger partial charge in [0.15, 0.2) is 0 Å². The van der Waals surface area contributed by atoms with E-state index in [0.29, 0.717) is 0 Å². The van der Waals surface area contributed by atoms with Gasteiger partial charge in [-0.25, -0.2) is 18.2 Å². The molecule has 31 heavy (non-hydrogen) atoms. The number of nitrogens with zero attached hydrogens (tertiary/aromatic N) is 4. The fourth-order valence-electron chi connectivity index (χ4n) is 2.96. The first kappa shape index (κ1) is 22.4. The number of aryl methyl sites for hydroxylation is 1. The van der Waals surface area contributed by atoms with Gasteiger partial charge in [0.05, 0.1) is 22.2 Å². The third-order valence-corrected chi connectivity index (χ3v) is 7.12. The summed E-state index contributed by atoms with van der Waals surface area (Å²) in [4.78, 5) is 41.2. The predicted molar refractivity (Wildman–Crippen MR) is 117 cm³/mol. The van der Waals surface area contributed by atoms with Crippen molar-refractivity contribution in [2.75, 3.05) is 12.4 Å². The van der Waals surface area contributed by atoms with Gasteiger partial charge in [-0.3, -0.25) is 18.7 Å². The molecule has 0 radical (unpaired) electrons. The van der Waals surface area contributed by atoms with Gasteiger partial charge in [0.2, 0.25) is 10.0 Å². The number of nitrogens with one attached hydrogen (secondary N) is 1. The van der Waals surface area contributed by atoms with E-state index in [4.69, 9.17) is 0 Å². The van der Waals surface area contributed by atoms with E-state index in [1.54, 1.807) is 13.8 Å². The van der Waals surface area contributed by atoms with Crippen LogP contribution in [-0.2, 0) is 24.1 Å².